The summed E-state index contributed by atoms with van der Waals surface area (Å²) < 4.78 is 0. The molecule has 4 nitrogen and oxygen atoms in total. The fourth-order valence-electron chi connectivity index (χ4n) is 2.78. The minimum atomic E-state index is 0. The van der Waals surface area contributed by atoms with Gasteiger partial charge in [-0.3, -0.25) is 9.69 Å². The van der Waals surface area contributed by atoms with Gasteiger partial charge >= 0.3 is 0 Å². The molecule has 1 heterocycles. The van der Waals surface area contributed by atoms with Crippen LogP contribution in [0.15, 0.2) is 24.3 Å². The van der Waals surface area contributed by atoms with Gasteiger partial charge in [0.25, 0.3) is 0 Å². The van der Waals surface area contributed by atoms with Gasteiger partial charge in [0, 0.05) is 19.6 Å². The van der Waals surface area contributed by atoms with E-state index >= 15 is 0 Å². The van der Waals surface area contributed by atoms with Gasteiger partial charge in [0.2, 0.25) is 5.91 Å². The third-order valence-corrected chi connectivity index (χ3v) is 4.29. The molecule has 0 saturated carbocycles. The first-order valence-corrected chi connectivity index (χ1v) is 8.02. The highest BCUT2D eigenvalue weighted by atomic mass is 35.5. The molecular formula is C17H29Cl2N3O. The molecule has 1 aliphatic rings. The second kappa shape index (κ2) is 11.7. The van der Waals surface area contributed by atoms with Gasteiger partial charge in [-0.25, -0.2) is 0 Å². The standard InChI is InChI=1S/C17H27N3O.2ClH/c1-3-20(4-2)13-16-8-6-5-7-14(16)12-19-17(21)15-9-10-18-11-15;;/h5-8,15,18H,3-4,9-13H2,1-2H3,(H,19,21);2*1H. The van der Waals surface area contributed by atoms with Gasteiger partial charge in [-0.15, -0.1) is 24.8 Å². The summed E-state index contributed by atoms with van der Waals surface area (Å²) in [4.78, 5) is 14.5. The van der Waals surface area contributed by atoms with Crippen molar-refractivity contribution in [2.45, 2.75) is 33.4 Å². The molecule has 0 aromatic heterocycles. The zero-order valence-corrected chi connectivity index (χ0v) is 15.6. The van der Waals surface area contributed by atoms with Gasteiger partial charge in [0.1, 0.15) is 0 Å². The summed E-state index contributed by atoms with van der Waals surface area (Å²) in [6.07, 6.45) is 0.951. The van der Waals surface area contributed by atoms with E-state index in [0.29, 0.717) is 6.54 Å². The van der Waals surface area contributed by atoms with Crippen LogP contribution in [0.4, 0.5) is 0 Å². The smallest absolute Gasteiger partial charge is 0.224 e. The van der Waals surface area contributed by atoms with Crippen molar-refractivity contribution in [2.75, 3.05) is 26.2 Å². The Morgan fingerprint density at radius 3 is 2.43 bits per heavy atom. The third-order valence-electron chi connectivity index (χ3n) is 4.29. The van der Waals surface area contributed by atoms with Crippen molar-refractivity contribution in [1.29, 1.82) is 0 Å². The summed E-state index contributed by atoms with van der Waals surface area (Å²) in [5.41, 5.74) is 2.54. The molecule has 132 valence electrons. The second-order valence-corrected chi connectivity index (χ2v) is 5.64. The summed E-state index contributed by atoms with van der Waals surface area (Å²) in [6.45, 7) is 9.80. The fourth-order valence-corrected chi connectivity index (χ4v) is 2.78. The number of benzene rings is 1. The highest BCUT2D eigenvalue weighted by Crippen LogP contribution is 2.13. The quantitative estimate of drug-likeness (QED) is 0.784. The number of nitrogens with one attached hydrogen (secondary N) is 2. The van der Waals surface area contributed by atoms with E-state index in [0.717, 1.165) is 39.1 Å². The molecule has 1 aliphatic heterocycles. The van der Waals surface area contributed by atoms with E-state index in [1.807, 2.05) is 6.07 Å². The molecule has 1 aromatic carbocycles. The van der Waals surface area contributed by atoms with Crippen LogP contribution < -0.4 is 10.6 Å². The number of hydrogen-bond acceptors (Lipinski definition) is 3. The molecule has 1 fully saturated rings. The topological polar surface area (TPSA) is 44.4 Å². The van der Waals surface area contributed by atoms with E-state index in [-0.39, 0.29) is 36.6 Å². The predicted molar refractivity (Wildman–Crippen MR) is 100 cm³/mol. The molecule has 2 N–H and O–H groups in total. The van der Waals surface area contributed by atoms with Crippen LogP contribution in [0.5, 0.6) is 0 Å². The van der Waals surface area contributed by atoms with E-state index in [9.17, 15) is 4.79 Å². The Labute approximate surface area is 152 Å². The molecule has 0 aliphatic carbocycles. The van der Waals surface area contributed by atoms with Crippen LogP contribution in [0.3, 0.4) is 0 Å². The Hall–Kier alpha value is -0.810. The van der Waals surface area contributed by atoms with Crippen molar-refractivity contribution in [3.63, 3.8) is 0 Å². The maximum absolute atomic E-state index is 12.1. The maximum atomic E-state index is 12.1. The summed E-state index contributed by atoms with van der Waals surface area (Å²) in [5.74, 6) is 0.317. The van der Waals surface area contributed by atoms with Crippen LogP contribution in [0.2, 0.25) is 0 Å². The minimum Gasteiger partial charge on any atom is -0.352 e. The predicted octanol–water partition coefficient (Wildman–Crippen LogP) is 2.60. The van der Waals surface area contributed by atoms with Gasteiger partial charge in [-0.2, -0.15) is 0 Å². The molecule has 0 radical (unpaired) electrons. The average Bonchev–Trinajstić information content (AvgIpc) is 3.05. The van der Waals surface area contributed by atoms with Crippen molar-refractivity contribution in [3.05, 3.63) is 35.4 Å². The lowest BCUT2D eigenvalue weighted by Crippen LogP contribution is -2.32. The van der Waals surface area contributed by atoms with Gasteiger partial charge in [-0.05, 0) is 37.2 Å². The van der Waals surface area contributed by atoms with E-state index in [1.54, 1.807) is 0 Å². The summed E-state index contributed by atoms with van der Waals surface area (Å²) in [6, 6.07) is 8.40. The van der Waals surface area contributed by atoms with Crippen molar-refractivity contribution >= 4 is 30.7 Å². The second-order valence-electron chi connectivity index (χ2n) is 5.64. The van der Waals surface area contributed by atoms with Crippen molar-refractivity contribution in [1.82, 2.24) is 15.5 Å². The first kappa shape index (κ1) is 22.2. The molecular weight excluding hydrogens is 333 g/mol. The number of nitrogens with zero attached hydrogens (tertiary/aromatic N) is 1. The highest BCUT2D eigenvalue weighted by molar-refractivity contribution is 5.85. The van der Waals surface area contributed by atoms with E-state index in [4.69, 9.17) is 0 Å². The number of halogens is 2. The Morgan fingerprint density at radius 1 is 1.22 bits per heavy atom. The largest absolute Gasteiger partial charge is 0.352 e. The van der Waals surface area contributed by atoms with Crippen LogP contribution in [-0.2, 0) is 17.9 Å². The Morgan fingerprint density at radius 2 is 1.87 bits per heavy atom. The zero-order chi connectivity index (χ0) is 15.1. The van der Waals surface area contributed by atoms with Gasteiger partial charge in [-0.1, -0.05) is 38.1 Å². The molecule has 0 spiro atoms. The molecule has 1 saturated heterocycles. The van der Waals surface area contributed by atoms with Crippen LogP contribution >= 0.6 is 24.8 Å². The first-order chi connectivity index (χ1) is 10.2. The van der Waals surface area contributed by atoms with E-state index in [1.165, 1.54) is 11.1 Å². The monoisotopic (exact) mass is 361 g/mol. The minimum absolute atomic E-state index is 0. The Balaban J connectivity index is 0.00000242. The number of hydrogen-bond donors (Lipinski definition) is 2. The first-order valence-electron chi connectivity index (χ1n) is 8.02. The number of carbonyl (C=O) groups excluding carboxylic acids is 1. The van der Waals surface area contributed by atoms with Crippen LogP contribution in [0.1, 0.15) is 31.4 Å². The van der Waals surface area contributed by atoms with Crippen LogP contribution in [0.25, 0.3) is 0 Å². The summed E-state index contributed by atoms with van der Waals surface area (Å²) >= 11 is 0. The van der Waals surface area contributed by atoms with Gasteiger partial charge in [0.05, 0.1) is 5.92 Å². The molecule has 1 atom stereocenters. The summed E-state index contributed by atoms with van der Waals surface area (Å²) in [5, 5.41) is 6.33. The molecule has 2 rings (SSSR count). The van der Waals surface area contributed by atoms with E-state index < -0.39 is 0 Å². The average molecular weight is 362 g/mol. The number of rotatable bonds is 7. The summed E-state index contributed by atoms with van der Waals surface area (Å²) in [7, 11) is 0. The Bertz CT molecular complexity index is 461. The number of amides is 1. The molecule has 1 unspecified atom stereocenters. The van der Waals surface area contributed by atoms with Gasteiger partial charge in [0.15, 0.2) is 0 Å². The lowest BCUT2D eigenvalue weighted by molar-refractivity contribution is -0.124. The lowest BCUT2D eigenvalue weighted by Gasteiger charge is -2.20. The Kier molecular flexibility index (Phi) is 11.3. The zero-order valence-electron chi connectivity index (χ0n) is 14.0. The SMILES string of the molecule is CCN(CC)Cc1ccccc1CNC(=O)C1CCNC1.Cl.Cl. The molecule has 0 bridgehead atoms. The van der Waals surface area contributed by atoms with Gasteiger partial charge < -0.3 is 10.6 Å². The van der Waals surface area contributed by atoms with Crippen LogP contribution in [0, 0.1) is 5.92 Å². The van der Waals surface area contributed by atoms with E-state index in [2.05, 4.69) is 47.6 Å². The fraction of sp³-hybridized carbons (Fsp3) is 0.588. The van der Waals surface area contributed by atoms with Crippen molar-refractivity contribution in [3.8, 4) is 0 Å². The molecule has 23 heavy (non-hydrogen) atoms. The van der Waals surface area contributed by atoms with Crippen molar-refractivity contribution in [2.24, 2.45) is 5.92 Å². The third kappa shape index (κ3) is 6.68. The maximum Gasteiger partial charge on any atom is 0.224 e. The molecule has 6 heteroatoms. The molecule has 1 aromatic rings. The number of carbonyl (C=O) groups is 1. The lowest BCUT2D eigenvalue weighted by atomic mass is 10.1. The van der Waals surface area contributed by atoms with Crippen molar-refractivity contribution < 1.29 is 4.79 Å². The molecule has 1 amide bonds. The normalized spacial score (nSPS) is 16.6. The van der Waals surface area contributed by atoms with Crippen LogP contribution in [-0.4, -0.2) is 37.0 Å². The highest BCUT2D eigenvalue weighted by Gasteiger charge is 2.22.